The fourth-order valence-corrected chi connectivity index (χ4v) is 2.21. The molecular formula is C15H22N2O. The average molecular weight is 246 g/mol. The van der Waals surface area contributed by atoms with Crippen LogP contribution in [0.4, 0.5) is 0 Å². The highest BCUT2D eigenvalue weighted by molar-refractivity contribution is 5.84. The molecule has 0 radical (unpaired) electrons. The van der Waals surface area contributed by atoms with Crippen molar-refractivity contribution in [2.75, 3.05) is 26.8 Å². The number of hydrogen-bond donors (Lipinski definition) is 1. The second kappa shape index (κ2) is 6.03. The van der Waals surface area contributed by atoms with Gasteiger partial charge in [-0.2, -0.15) is 0 Å². The van der Waals surface area contributed by atoms with Gasteiger partial charge >= 0.3 is 0 Å². The van der Waals surface area contributed by atoms with Gasteiger partial charge in [0, 0.05) is 36.3 Å². The first-order valence-corrected chi connectivity index (χ1v) is 6.55. The zero-order valence-corrected chi connectivity index (χ0v) is 11.5. The van der Waals surface area contributed by atoms with Gasteiger partial charge in [0.15, 0.2) is 0 Å². The molecule has 0 amide bonds. The Morgan fingerprint density at radius 2 is 2.06 bits per heavy atom. The second-order valence-electron chi connectivity index (χ2n) is 4.71. The number of rotatable bonds is 6. The van der Waals surface area contributed by atoms with E-state index in [1.807, 2.05) is 6.92 Å². The van der Waals surface area contributed by atoms with Gasteiger partial charge in [-0.25, -0.2) is 0 Å². The van der Waals surface area contributed by atoms with Crippen molar-refractivity contribution in [1.29, 1.82) is 0 Å². The molecule has 0 spiro atoms. The summed E-state index contributed by atoms with van der Waals surface area (Å²) in [6, 6.07) is 8.46. The number of likely N-dealkylation sites (N-methyl/N-ethyl adjacent to an activating group) is 1. The van der Waals surface area contributed by atoms with Crippen molar-refractivity contribution in [1.82, 2.24) is 9.88 Å². The van der Waals surface area contributed by atoms with E-state index in [2.05, 4.69) is 48.1 Å². The molecule has 0 atom stereocenters. The Bertz CT molecular complexity index is 504. The van der Waals surface area contributed by atoms with Crippen LogP contribution in [-0.4, -0.2) is 36.7 Å². The lowest BCUT2D eigenvalue weighted by molar-refractivity contribution is 0.120. The third-order valence-electron chi connectivity index (χ3n) is 3.32. The van der Waals surface area contributed by atoms with Crippen molar-refractivity contribution >= 4 is 10.9 Å². The van der Waals surface area contributed by atoms with E-state index in [9.17, 15) is 0 Å². The minimum absolute atomic E-state index is 0.791. The Morgan fingerprint density at radius 3 is 2.78 bits per heavy atom. The van der Waals surface area contributed by atoms with Gasteiger partial charge in [0.1, 0.15) is 0 Å². The van der Waals surface area contributed by atoms with Gasteiger partial charge in [0.25, 0.3) is 0 Å². The third-order valence-corrected chi connectivity index (χ3v) is 3.32. The van der Waals surface area contributed by atoms with Crippen LogP contribution >= 0.6 is 0 Å². The summed E-state index contributed by atoms with van der Waals surface area (Å²) in [5.74, 6) is 0. The molecule has 2 rings (SSSR count). The fraction of sp³-hybridized carbons (Fsp3) is 0.467. The molecule has 0 aliphatic rings. The number of nitrogens with one attached hydrogen (secondary N) is 1. The highest BCUT2D eigenvalue weighted by atomic mass is 16.5. The summed E-state index contributed by atoms with van der Waals surface area (Å²) in [6.45, 7) is 7.70. The van der Waals surface area contributed by atoms with Crippen LogP contribution in [0.25, 0.3) is 10.9 Å². The minimum atomic E-state index is 0.791. The number of fused-ring (bicyclic) bond motifs is 1. The molecule has 1 aromatic carbocycles. The van der Waals surface area contributed by atoms with E-state index < -0.39 is 0 Å². The van der Waals surface area contributed by atoms with Crippen LogP contribution in [0.15, 0.2) is 24.3 Å². The van der Waals surface area contributed by atoms with Gasteiger partial charge in [-0.1, -0.05) is 18.2 Å². The molecule has 0 bridgehead atoms. The predicted octanol–water partition coefficient (Wildman–Crippen LogP) is 2.94. The first-order valence-electron chi connectivity index (χ1n) is 6.55. The lowest BCUT2D eigenvalue weighted by Crippen LogP contribution is -2.23. The van der Waals surface area contributed by atoms with E-state index in [0.717, 1.165) is 26.3 Å². The fourth-order valence-electron chi connectivity index (χ4n) is 2.21. The summed E-state index contributed by atoms with van der Waals surface area (Å²) >= 11 is 0. The highest BCUT2D eigenvalue weighted by Gasteiger charge is 2.08. The molecule has 0 unspecified atom stereocenters. The standard InChI is InChI=1S/C15H22N2O/c1-4-18-10-9-17(3)11-15-12(2)13-7-5-6-8-14(13)16-15/h5-8,16H,4,9-11H2,1-3H3. The van der Waals surface area contributed by atoms with Crippen LogP contribution in [0.3, 0.4) is 0 Å². The van der Waals surface area contributed by atoms with Crippen molar-refractivity contribution in [3.8, 4) is 0 Å². The normalized spacial score (nSPS) is 11.6. The van der Waals surface area contributed by atoms with Gasteiger partial charge in [-0.05, 0) is 32.5 Å². The van der Waals surface area contributed by atoms with Crippen LogP contribution < -0.4 is 0 Å². The maximum Gasteiger partial charge on any atom is 0.0593 e. The van der Waals surface area contributed by atoms with Gasteiger partial charge in [-0.3, -0.25) is 4.90 Å². The van der Waals surface area contributed by atoms with E-state index in [1.54, 1.807) is 0 Å². The Balaban J connectivity index is 2.05. The predicted molar refractivity (Wildman–Crippen MR) is 75.9 cm³/mol. The Hall–Kier alpha value is -1.32. The number of hydrogen-bond acceptors (Lipinski definition) is 2. The van der Waals surface area contributed by atoms with E-state index in [1.165, 1.54) is 22.2 Å². The molecule has 3 nitrogen and oxygen atoms in total. The SMILES string of the molecule is CCOCCN(C)Cc1[nH]c2ccccc2c1C. The van der Waals surface area contributed by atoms with E-state index in [4.69, 9.17) is 4.74 Å². The van der Waals surface area contributed by atoms with Crippen LogP contribution in [-0.2, 0) is 11.3 Å². The number of aromatic nitrogens is 1. The minimum Gasteiger partial charge on any atom is -0.380 e. The molecule has 1 heterocycles. The van der Waals surface area contributed by atoms with Crippen LogP contribution in [0.1, 0.15) is 18.2 Å². The van der Waals surface area contributed by atoms with Gasteiger partial charge in [-0.15, -0.1) is 0 Å². The molecular weight excluding hydrogens is 224 g/mol. The number of H-pyrrole nitrogens is 1. The van der Waals surface area contributed by atoms with Gasteiger partial charge in [0.2, 0.25) is 0 Å². The summed E-state index contributed by atoms with van der Waals surface area (Å²) in [7, 11) is 2.13. The Kier molecular flexibility index (Phi) is 4.39. The third kappa shape index (κ3) is 2.92. The summed E-state index contributed by atoms with van der Waals surface area (Å²) in [4.78, 5) is 5.79. The lowest BCUT2D eigenvalue weighted by Gasteiger charge is -2.16. The van der Waals surface area contributed by atoms with Gasteiger partial charge < -0.3 is 9.72 Å². The zero-order valence-electron chi connectivity index (χ0n) is 11.5. The van der Waals surface area contributed by atoms with Crippen molar-refractivity contribution in [2.45, 2.75) is 20.4 Å². The molecule has 18 heavy (non-hydrogen) atoms. The van der Waals surface area contributed by atoms with E-state index >= 15 is 0 Å². The lowest BCUT2D eigenvalue weighted by atomic mass is 10.1. The van der Waals surface area contributed by atoms with Crippen molar-refractivity contribution in [2.24, 2.45) is 0 Å². The molecule has 3 heteroatoms. The molecule has 1 N–H and O–H groups in total. The summed E-state index contributed by atoms with van der Waals surface area (Å²) in [5, 5.41) is 1.32. The number of aromatic amines is 1. The number of nitrogens with zero attached hydrogens (tertiary/aromatic N) is 1. The molecule has 1 aromatic heterocycles. The summed E-state index contributed by atoms with van der Waals surface area (Å²) in [6.07, 6.45) is 0. The van der Waals surface area contributed by atoms with Crippen molar-refractivity contribution in [3.05, 3.63) is 35.5 Å². The summed E-state index contributed by atoms with van der Waals surface area (Å²) in [5.41, 5.74) is 3.88. The first-order chi connectivity index (χ1) is 8.72. The van der Waals surface area contributed by atoms with Gasteiger partial charge in [0.05, 0.1) is 6.61 Å². The maximum atomic E-state index is 5.38. The maximum absolute atomic E-state index is 5.38. The highest BCUT2D eigenvalue weighted by Crippen LogP contribution is 2.21. The number of para-hydroxylation sites is 1. The van der Waals surface area contributed by atoms with Crippen LogP contribution in [0, 0.1) is 6.92 Å². The van der Waals surface area contributed by atoms with E-state index in [-0.39, 0.29) is 0 Å². The molecule has 0 aliphatic heterocycles. The molecule has 0 saturated carbocycles. The quantitative estimate of drug-likeness (QED) is 0.794. The Labute approximate surface area is 109 Å². The molecule has 98 valence electrons. The van der Waals surface area contributed by atoms with Crippen LogP contribution in [0.5, 0.6) is 0 Å². The average Bonchev–Trinajstić information content (AvgIpc) is 2.67. The largest absolute Gasteiger partial charge is 0.380 e. The number of aryl methyl sites for hydroxylation is 1. The second-order valence-corrected chi connectivity index (χ2v) is 4.71. The smallest absolute Gasteiger partial charge is 0.0593 e. The van der Waals surface area contributed by atoms with E-state index in [0.29, 0.717) is 0 Å². The molecule has 0 saturated heterocycles. The van der Waals surface area contributed by atoms with Crippen molar-refractivity contribution < 1.29 is 4.74 Å². The topological polar surface area (TPSA) is 28.3 Å². The monoisotopic (exact) mass is 246 g/mol. The molecule has 0 aliphatic carbocycles. The Morgan fingerprint density at radius 1 is 1.28 bits per heavy atom. The van der Waals surface area contributed by atoms with Crippen LogP contribution in [0.2, 0.25) is 0 Å². The molecule has 0 fully saturated rings. The number of benzene rings is 1. The zero-order chi connectivity index (χ0) is 13.0. The first kappa shape index (κ1) is 13.1. The summed E-state index contributed by atoms with van der Waals surface area (Å²) < 4.78 is 5.38. The molecule has 2 aromatic rings. The van der Waals surface area contributed by atoms with Crippen molar-refractivity contribution in [3.63, 3.8) is 0 Å². The number of ether oxygens (including phenoxy) is 1.